The van der Waals surface area contributed by atoms with Gasteiger partial charge in [0.2, 0.25) is 5.90 Å². The summed E-state index contributed by atoms with van der Waals surface area (Å²) in [6.07, 6.45) is 1.22. The van der Waals surface area contributed by atoms with Crippen LogP contribution < -0.4 is 16.4 Å². The van der Waals surface area contributed by atoms with Crippen LogP contribution in [-0.4, -0.2) is 23.0 Å². The molecule has 0 saturated carbocycles. The van der Waals surface area contributed by atoms with Crippen molar-refractivity contribution in [1.82, 2.24) is 10.3 Å². The second-order valence-corrected chi connectivity index (χ2v) is 6.02. The zero-order valence-electron chi connectivity index (χ0n) is 14.8. The molecule has 2 amide bonds. The summed E-state index contributed by atoms with van der Waals surface area (Å²) in [6, 6.07) is 6.53. The largest absolute Gasteiger partial charge is 0.475 e. The van der Waals surface area contributed by atoms with Gasteiger partial charge in [-0.2, -0.15) is 0 Å². The first-order valence-electron chi connectivity index (χ1n) is 8.10. The fourth-order valence-corrected chi connectivity index (χ4v) is 2.21. The number of carbonyl (C=O) groups is 1. The Bertz CT molecular complexity index is 793. The van der Waals surface area contributed by atoms with Crippen LogP contribution in [0.25, 0.3) is 0 Å². The summed E-state index contributed by atoms with van der Waals surface area (Å²) < 4.78 is 18.2. The molecule has 0 unspecified atom stereocenters. The van der Waals surface area contributed by atoms with Crippen molar-refractivity contribution in [3.63, 3.8) is 0 Å². The highest BCUT2D eigenvalue weighted by molar-refractivity contribution is 5.98. The van der Waals surface area contributed by atoms with Gasteiger partial charge in [0.05, 0.1) is 17.7 Å². The highest BCUT2D eigenvalue weighted by Gasteiger charge is 2.13. The number of benzene rings is 1. The number of halogens is 1. The molecule has 7 nitrogen and oxygen atoms in total. The van der Waals surface area contributed by atoms with Crippen LogP contribution in [0.4, 0.5) is 20.7 Å². The minimum Gasteiger partial charge on any atom is -0.475 e. The van der Waals surface area contributed by atoms with E-state index in [1.54, 1.807) is 32.9 Å². The molecule has 1 atom stereocenters. The van der Waals surface area contributed by atoms with Gasteiger partial charge in [-0.25, -0.2) is 14.2 Å². The molecule has 2 rings (SSSR count). The number of pyridine rings is 1. The Balaban J connectivity index is 1.99. The van der Waals surface area contributed by atoms with Crippen molar-refractivity contribution in [3.8, 4) is 0 Å². The first-order chi connectivity index (χ1) is 12.3. The van der Waals surface area contributed by atoms with E-state index in [1.165, 1.54) is 24.4 Å². The number of nitrogens with two attached hydrogens (primary N) is 1. The maximum absolute atomic E-state index is 13.0. The number of aromatic nitrogens is 1. The van der Waals surface area contributed by atoms with Crippen molar-refractivity contribution in [3.05, 3.63) is 53.5 Å². The molecule has 8 heteroatoms. The first-order valence-corrected chi connectivity index (χ1v) is 8.10. The Morgan fingerprint density at radius 3 is 2.50 bits per heavy atom. The normalized spacial score (nSPS) is 11.7. The maximum Gasteiger partial charge on any atom is 0.320 e. The molecule has 26 heavy (non-hydrogen) atoms. The van der Waals surface area contributed by atoms with E-state index in [1.807, 2.05) is 0 Å². The van der Waals surface area contributed by atoms with Crippen molar-refractivity contribution >= 4 is 23.4 Å². The summed E-state index contributed by atoms with van der Waals surface area (Å²) in [5, 5.41) is 13.1. The maximum atomic E-state index is 13.0. The fourth-order valence-electron chi connectivity index (χ4n) is 2.21. The molecule has 0 aliphatic rings. The Morgan fingerprint density at radius 1 is 1.27 bits per heavy atom. The summed E-state index contributed by atoms with van der Waals surface area (Å²) in [4.78, 5) is 16.2. The summed E-state index contributed by atoms with van der Waals surface area (Å²) in [7, 11) is 0. The molecule has 0 saturated heterocycles. The minimum atomic E-state index is -0.477. The quantitative estimate of drug-likeness (QED) is 0.484. The van der Waals surface area contributed by atoms with Crippen molar-refractivity contribution in [2.24, 2.45) is 0 Å². The van der Waals surface area contributed by atoms with Gasteiger partial charge in [0, 0.05) is 18.0 Å². The van der Waals surface area contributed by atoms with Crippen LogP contribution in [0.2, 0.25) is 0 Å². The van der Waals surface area contributed by atoms with Crippen LogP contribution in [0, 0.1) is 11.2 Å². The summed E-state index contributed by atoms with van der Waals surface area (Å²) >= 11 is 0. The van der Waals surface area contributed by atoms with Gasteiger partial charge in [0.1, 0.15) is 11.6 Å². The molecule has 0 aliphatic carbocycles. The Morgan fingerprint density at radius 2 is 1.92 bits per heavy atom. The van der Waals surface area contributed by atoms with E-state index in [-0.39, 0.29) is 35.4 Å². The smallest absolute Gasteiger partial charge is 0.320 e. The van der Waals surface area contributed by atoms with Crippen LogP contribution in [0.3, 0.4) is 0 Å². The van der Waals surface area contributed by atoms with Crippen molar-refractivity contribution in [1.29, 1.82) is 5.41 Å². The summed E-state index contributed by atoms with van der Waals surface area (Å²) in [5.74, 6) is -0.171. The van der Waals surface area contributed by atoms with E-state index in [9.17, 15) is 9.18 Å². The third kappa shape index (κ3) is 5.17. The van der Waals surface area contributed by atoms with Gasteiger partial charge in [-0.05, 0) is 38.5 Å². The molecule has 2 aromatic rings. The van der Waals surface area contributed by atoms with Gasteiger partial charge in [-0.1, -0.05) is 12.1 Å². The number of anilines is 2. The van der Waals surface area contributed by atoms with Crippen LogP contribution >= 0.6 is 0 Å². The van der Waals surface area contributed by atoms with Crippen LogP contribution in [0.5, 0.6) is 0 Å². The van der Waals surface area contributed by atoms with Gasteiger partial charge in [-0.15, -0.1) is 0 Å². The van der Waals surface area contributed by atoms with Crippen molar-refractivity contribution in [2.45, 2.75) is 32.9 Å². The summed E-state index contributed by atoms with van der Waals surface area (Å²) in [6.45, 7) is 5.39. The molecule has 0 aliphatic heterocycles. The number of nitrogen functional groups attached to an aromatic ring is 1. The number of hydrogen-bond acceptors (Lipinski definition) is 5. The summed E-state index contributed by atoms with van der Waals surface area (Å²) in [5.41, 5.74) is 7.30. The average molecular weight is 359 g/mol. The van der Waals surface area contributed by atoms with Gasteiger partial charge in [0.25, 0.3) is 0 Å². The monoisotopic (exact) mass is 359 g/mol. The lowest BCUT2D eigenvalue weighted by atomic mass is 10.1. The number of urea groups is 1. The number of rotatable bonds is 5. The molecule has 0 fully saturated rings. The van der Waals surface area contributed by atoms with E-state index in [2.05, 4.69) is 15.6 Å². The van der Waals surface area contributed by atoms with Crippen LogP contribution in [0.15, 0.2) is 36.5 Å². The highest BCUT2D eigenvalue weighted by Crippen LogP contribution is 2.17. The minimum absolute atomic E-state index is 0.0778. The van der Waals surface area contributed by atoms with E-state index in [0.29, 0.717) is 5.56 Å². The number of carbonyl (C=O) groups excluding carboxylic acids is 1. The van der Waals surface area contributed by atoms with Gasteiger partial charge >= 0.3 is 6.03 Å². The predicted octanol–water partition coefficient (Wildman–Crippen LogP) is 3.44. The molecule has 0 radical (unpaired) electrons. The lowest BCUT2D eigenvalue weighted by Crippen LogP contribution is -2.31. The molecule has 5 N–H and O–H groups in total. The third-order valence-corrected chi connectivity index (χ3v) is 3.49. The SMILES string of the molecule is CC(C)OC(=N)c1cnc(NC(=O)N[C@H](C)c2ccc(F)cc2)cc1N. The van der Waals surface area contributed by atoms with E-state index < -0.39 is 6.03 Å². The van der Waals surface area contributed by atoms with E-state index in [4.69, 9.17) is 15.9 Å². The highest BCUT2D eigenvalue weighted by atomic mass is 19.1. The zero-order valence-corrected chi connectivity index (χ0v) is 14.8. The number of amides is 2. The molecule has 1 aromatic carbocycles. The van der Waals surface area contributed by atoms with Crippen molar-refractivity contribution < 1.29 is 13.9 Å². The second kappa shape index (κ2) is 8.28. The molecule has 0 spiro atoms. The molecule has 0 bridgehead atoms. The van der Waals surface area contributed by atoms with Crippen LogP contribution in [-0.2, 0) is 4.74 Å². The third-order valence-electron chi connectivity index (χ3n) is 3.49. The Hall–Kier alpha value is -3.16. The lowest BCUT2D eigenvalue weighted by Gasteiger charge is -2.16. The number of nitrogens with one attached hydrogen (secondary N) is 3. The van der Waals surface area contributed by atoms with E-state index in [0.717, 1.165) is 5.56 Å². The van der Waals surface area contributed by atoms with Crippen LogP contribution in [0.1, 0.15) is 37.9 Å². The number of ether oxygens (including phenoxy) is 1. The molecule has 1 aromatic heterocycles. The van der Waals surface area contributed by atoms with Crippen molar-refractivity contribution in [2.75, 3.05) is 11.1 Å². The Kier molecular flexibility index (Phi) is 6.11. The molecular weight excluding hydrogens is 337 g/mol. The second-order valence-electron chi connectivity index (χ2n) is 6.02. The molecule has 138 valence electrons. The van der Waals surface area contributed by atoms with Gasteiger partial charge < -0.3 is 15.8 Å². The van der Waals surface area contributed by atoms with Gasteiger partial charge in [-0.3, -0.25) is 10.7 Å². The number of nitrogens with zero attached hydrogens (tertiary/aromatic N) is 1. The number of hydrogen-bond donors (Lipinski definition) is 4. The average Bonchev–Trinajstić information content (AvgIpc) is 2.54. The standard InChI is InChI=1S/C18H22FN5O2/c1-10(2)26-17(21)14-9-22-16(8-15(14)20)24-18(25)23-11(3)12-4-6-13(19)7-5-12/h4-11,21H,1-3H3,(H4,20,22,23,24,25)/t11-/m1/s1. The van der Waals surface area contributed by atoms with Gasteiger partial charge in [0.15, 0.2) is 0 Å². The Labute approximate surface area is 151 Å². The van der Waals surface area contributed by atoms with E-state index >= 15 is 0 Å². The fraction of sp³-hybridized carbons (Fsp3) is 0.278. The predicted molar refractivity (Wildman–Crippen MR) is 98.7 cm³/mol. The molecule has 1 heterocycles. The first kappa shape index (κ1) is 19.2. The topological polar surface area (TPSA) is 113 Å². The lowest BCUT2D eigenvalue weighted by molar-refractivity contribution is 0.227. The zero-order chi connectivity index (χ0) is 19.3. The molecular formula is C18H22FN5O2.